The number of rotatable bonds is 5. The van der Waals surface area contributed by atoms with Crippen molar-refractivity contribution in [1.29, 1.82) is 0 Å². The van der Waals surface area contributed by atoms with Gasteiger partial charge in [0.2, 0.25) is 11.5 Å². The van der Waals surface area contributed by atoms with E-state index in [0.717, 1.165) is 5.56 Å². The molecule has 0 aliphatic rings. The van der Waals surface area contributed by atoms with Gasteiger partial charge in [0.15, 0.2) is 12.8 Å². The fraction of sp³-hybridized carbons (Fsp3) is 0.133. The van der Waals surface area contributed by atoms with Crippen LogP contribution in [0.5, 0.6) is 5.75 Å². The lowest BCUT2D eigenvalue weighted by atomic mass is 10.2. The van der Waals surface area contributed by atoms with Crippen LogP contribution in [0.3, 0.4) is 0 Å². The zero-order valence-electron chi connectivity index (χ0n) is 11.6. The monoisotopic (exact) mass is 286 g/mol. The molecule has 2 rings (SSSR count). The molecule has 0 aliphatic carbocycles. The Balaban J connectivity index is 1.87. The second-order valence-corrected chi connectivity index (χ2v) is 4.27. The maximum Gasteiger partial charge on any atom is 0.372 e. The zero-order valence-corrected chi connectivity index (χ0v) is 11.6. The highest BCUT2D eigenvalue weighted by molar-refractivity contribution is 5.94. The van der Waals surface area contributed by atoms with Gasteiger partial charge in [-0.25, -0.2) is 9.78 Å². The predicted octanol–water partition coefficient (Wildman–Crippen LogP) is 1.05. The van der Waals surface area contributed by atoms with Crippen LogP contribution in [0.4, 0.5) is 0 Å². The first kappa shape index (κ1) is 14.5. The highest BCUT2D eigenvalue weighted by Crippen LogP contribution is 2.15. The molecule has 0 saturated heterocycles. The molecule has 2 aromatic rings. The lowest BCUT2D eigenvalue weighted by Gasteiger charge is -2.06. The summed E-state index contributed by atoms with van der Waals surface area (Å²) in [7, 11) is 0. The number of amidine groups is 1. The number of ether oxygens (including phenoxy) is 1. The van der Waals surface area contributed by atoms with Gasteiger partial charge in [0.05, 0.1) is 0 Å². The van der Waals surface area contributed by atoms with Crippen molar-refractivity contribution < 1.29 is 19.4 Å². The highest BCUT2D eigenvalue weighted by Gasteiger charge is 2.09. The molecule has 21 heavy (non-hydrogen) atoms. The number of carbonyl (C=O) groups is 1. The minimum absolute atomic E-state index is 0.0832. The summed E-state index contributed by atoms with van der Waals surface area (Å²) in [6.45, 7) is 1.65. The number of hydrogen-bond donors (Lipinski definition) is 1. The molecule has 1 heterocycles. The first-order valence-electron chi connectivity index (χ1n) is 6.35. The van der Waals surface area contributed by atoms with E-state index in [4.69, 9.17) is 15.3 Å². The average Bonchev–Trinajstić information content (AvgIpc) is 2.52. The molecule has 108 valence electrons. The van der Waals surface area contributed by atoms with Crippen LogP contribution in [0.15, 0.2) is 53.8 Å². The first-order valence-corrected chi connectivity index (χ1v) is 6.35. The Morgan fingerprint density at radius 1 is 1.24 bits per heavy atom. The van der Waals surface area contributed by atoms with Crippen molar-refractivity contribution in [3.8, 4) is 5.75 Å². The second kappa shape index (κ2) is 7.04. The number of hydrogen-bond acceptors (Lipinski definition) is 4. The Morgan fingerprint density at radius 3 is 2.71 bits per heavy atom. The van der Waals surface area contributed by atoms with Crippen molar-refractivity contribution in [1.82, 2.24) is 0 Å². The third-order valence-corrected chi connectivity index (χ3v) is 2.67. The normalized spacial score (nSPS) is 11.0. The number of aromatic amines is 1. The number of nitrogens with zero attached hydrogens (tertiary/aromatic N) is 1. The quantitative estimate of drug-likeness (QED) is 0.385. The third-order valence-electron chi connectivity index (χ3n) is 2.67. The van der Waals surface area contributed by atoms with Gasteiger partial charge in [0, 0.05) is 12.1 Å². The van der Waals surface area contributed by atoms with Crippen LogP contribution in [0.1, 0.15) is 11.3 Å². The SMILES string of the molecule is Cc1ccccc1OCC(=O)ON=C(N)c1cccc[nH+]1. The fourth-order valence-corrected chi connectivity index (χ4v) is 1.58. The van der Waals surface area contributed by atoms with Crippen LogP contribution in [0, 0.1) is 6.92 Å². The lowest BCUT2D eigenvalue weighted by molar-refractivity contribution is -0.380. The molecule has 0 saturated carbocycles. The number of aromatic nitrogens is 1. The number of pyridine rings is 1. The van der Waals surface area contributed by atoms with E-state index in [1.165, 1.54) is 0 Å². The molecule has 0 atom stereocenters. The maximum atomic E-state index is 11.5. The van der Waals surface area contributed by atoms with Gasteiger partial charge in [-0.2, -0.15) is 0 Å². The second-order valence-electron chi connectivity index (χ2n) is 4.27. The summed E-state index contributed by atoms with van der Waals surface area (Å²) in [5.41, 5.74) is 7.17. The van der Waals surface area contributed by atoms with Gasteiger partial charge in [-0.05, 0) is 24.6 Å². The molecule has 1 aromatic heterocycles. The zero-order chi connectivity index (χ0) is 15.1. The Bertz CT molecular complexity index is 642. The predicted molar refractivity (Wildman–Crippen MR) is 76.5 cm³/mol. The number of nitrogens with two attached hydrogens (primary N) is 1. The van der Waals surface area contributed by atoms with Gasteiger partial charge < -0.3 is 15.3 Å². The fourth-order valence-electron chi connectivity index (χ4n) is 1.58. The maximum absolute atomic E-state index is 11.5. The molecule has 6 nitrogen and oxygen atoms in total. The van der Waals surface area contributed by atoms with Gasteiger partial charge in [0.1, 0.15) is 5.75 Å². The van der Waals surface area contributed by atoms with Crippen molar-refractivity contribution in [3.63, 3.8) is 0 Å². The Hall–Kier alpha value is -2.89. The topological polar surface area (TPSA) is 88.0 Å². The highest BCUT2D eigenvalue weighted by atomic mass is 16.7. The summed E-state index contributed by atoms with van der Waals surface area (Å²) in [4.78, 5) is 19.1. The van der Waals surface area contributed by atoms with Gasteiger partial charge in [-0.1, -0.05) is 23.4 Å². The van der Waals surface area contributed by atoms with Crippen LogP contribution in [0.25, 0.3) is 0 Å². The van der Waals surface area contributed by atoms with Gasteiger partial charge in [-0.15, -0.1) is 0 Å². The number of aryl methyl sites for hydroxylation is 1. The molecular formula is C15H16N3O3+. The number of benzene rings is 1. The van der Waals surface area contributed by atoms with Crippen LogP contribution in [0.2, 0.25) is 0 Å². The third kappa shape index (κ3) is 4.31. The molecular weight excluding hydrogens is 270 g/mol. The number of carbonyl (C=O) groups excluding carboxylic acids is 1. The molecule has 0 bridgehead atoms. The van der Waals surface area contributed by atoms with Gasteiger partial charge in [-0.3, -0.25) is 0 Å². The van der Waals surface area contributed by atoms with E-state index >= 15 is 0 Å². The van der Waals surface area contributed by atoms with E-state index in [9.17, 15) is 4.79 Å². The van der Waals surface area contributed by atoms with Crippen molar-refractivity contribution in [2.75, 3.05) is 6.61 Å². The standard InChI is InChI=1S/C15H15N3O3/c1-11-6-2-3-8-13(11)20-10-14(19)21-18-15(16)12-7-4-5-9-17-12/h2-9H,10H2,1H3,(H2,16,18)/p+1. The molecule has 0 amide bonds. The van der Waals surface area contributed by atoms with Crippen LogP contribution >= 0.6 is 0 Å². The molecule has 0 spiro atoms. The summed E-state index contributed by atoms with van der Waals surface area (Å²) in [6, 6.07) is 12.7. The Morgan fingerprint density at radius 2 is 2.00 bits per heavy atom. The number of oxime groups is 1. The van der Waals surface area contributed by atoms with E-state index in [2.05, 4.69) is 10.1 Å². The van der Waals surface area contributed by atoms with Gasteiger partial charge in [0.25, 0.3) is 0 Å². The molecule has 0 radical (unpaired) electrons. The summed E-state index contributed by atoms with van der Waals surface area (Å²) in [6.07, 6.45) is 1.70. The molecule has 6 heteroatoms. The Kier molecular flexibility index (Phi) is 4.87. The van der Waals surface area contributed by atoms with Crippen molar-refractivity contribution in [2.24, 2.45) is 10.9 Å². The lowest BCUT2D eigenvalue weighted by Crippen LogP contribution is -2.25. The van der Waals surface area contributed by atoms with E-state index in [1.54, 1.807) is 30.5 Å². The molecule has 1 aromatic carbocycles. The van der Waals surface area contributed by atoms with E-state index in [-0.39, 0.29) is 12.4 Å². The summed E-state index contributed by atoms with van der Waals surface area (Å²) < 4.78 is 5.34. The summed E-state index contributed by atoms with van der Waals surface area (Å²) in [5, 5.41) is 3.56. The van der Waals surface area contributed by atoms with Crippen molar-refractivity contribution in [2.45, 2.75) is 6.92 Å². The van der Waals surface area contributed by atoms with Gasteiger partial charge >= 0.3 is 5.97 Å². The number of para-hydroxylation sites is 1. The largest absolute Gasteiger partial charge is 0.482 e. The Labute approximate surface area is 122 Å². The van der Waals surface area contributed by atoms with E-state index in [1.807, 2.05) is 25.1 Å². The molecule has 0 unspecified atom stereocenters. The summed E-state index contributed by atoms with van der Waals surface area (Å²) in [5.74, 6) is 0.0831. The number of nitrogens with one attached hydrogen (secondary N) is 1. The smallest absolute Gasteiger partial charge is 0.372 e. The molecule has 0 aliphatic heterocycles. The van der Waals surface area contributed by atoms with E-state index < -0.39 is 5.97 Å². The van der Waals surface area contributed by atoms with Crippen LogP contribution in [-0.2, 0) is 9.63 Å². The summed E-state index contributed by atoms with van der Waals surface area (Å²) >= 11 is 0. The minimum Gasteiger partial charge on any atom is -0.482 e. The molecule has 0 fully saturated rings. The van der Waals surface area contributed by atoms with Crippen molar-refractivity contribution >= 4 is 11.8 Å². The van der Waals surface area contributed by atoms with E-state index in [0.29, 0.717) is 11.4 Å². The molecule has 3 N–H and O–H groups in total. The minimum atomic E-state index is -0.628. The average molecular weight is 286 g/mol. The first-order chi connectivity index (χ1) is 10.2. The van der Waals surface area contributed by atoms with Crippen LogP contribution in [-0.4, -0.2) is 18.4 Å². The number of H-pyrrole nitrogens is 1. The van der Waals surface area contributed by atoms with Crippen LogP contribution < -0.4 is 15.5 Å². The van der Waals surface area contributed by atoms with Crippen molar-refractivity contribution in [3.05, 3.63) is 59.9 Å².